The number of rotatable bonds is 3. The van der Waals surface area contributed by atoms with Gasteiger partial charge in [-0.2, -0.15) is 0 Å². The van der Waals surface area contributed by atoms with E-state index in [0.717, 1.165) is 5.56 Å². The number of carbonyl (C=O) groups is 1. The second-order valence-electron chi connectivity index (χ2n) is 3.62. The summed E-state index contributed by atoms with van der Waals surface area (Å²) in [7, 11) is 0. The second kappa shape index (κ2) is 3.50. The van der Waals surface area contributed by atoms with Crippen molar-refractivity contribution < 1.29 is 9.53 Å². The maximum absolute atomic E-state index is 11.4. The fraction of sp³-hybridized carbons (Fsp3) is 0.333. The standard InChI is InChI=1S/C12H13NO2/c1-3-15-11(14)10-12(2,13-10)9-7-5-4-6-8-9/h4-8H,3H2,1-2H3. The van der Waals surface area contributed by atoms with E-state index in [1.807, 2.05) is 37.3 Å². The van der Waals surface area contributed by atoms with Gasteiger partial charge >= 0.3 is 5.97 Å². The van der Waals surface area contributed by atoms with Crippen LogP contribution in [0.1, 0.15) is 19.4 Å². The van der Waals surface area contributed by atoms with Gasteiger partial charge in [0.05, 0.1) is 6.61 Å². The van der Waals surface area contributed by atoms with Crippen molar-refractivity contribution in [3.63, 3.8) is 0 Å². The lowest BCUT2D eigenvalue weighted by Gasteiger charge is -2.08. The molecular formula is C12H13NO2. The molecule has 1 aliphatic heterocycles. The van der Waals surface area contributed by atoms with Crippen molar-refractivity contribution in [3.8, 4) is 0 Å². The molecule has 0 spiro atoms. The number of carbonyl (C=O) groups excluding carboxylic acids is 1. The molecule has 1 unspecified atom stereocenters. The highest BCUT2D eigenvalue weighted by molar-refractivity contribution is 6.45. The first-order chi connectivity index (χ1) is 7.18. The van der Waals surface area contributed by atoms with E-state index in [0.29, 0.717) is 12.3 Å². The van der Waals surface area contributed by atoms with Crippen LogP contribution in [0.15, 0.2) is 35.3 Å². The quantitative estimate of drug-likeness (QED) is 0.704. The van der Waals surface area contributed by atoms with Gasteiger partial charge in [-0.25, -0.2) is 4.79 Å². The van der Waals surface area contributed by atoms with Crippen LogP contribution in [0.4, 0.5) is 0 Å². The van der Waals surface area contributed by atoms with E-state index in [1.54, 1.807) is 6.92 Å². The largest absolute Gasteiger partial charge is 0.461 e. The van der Waals surface area contributed by atoms with Crippen molar-refractivity contribution in [2.45, 2.75) is 19.4 Å². The van der Waals surface area contributed by atoms with Crippen LogP contribution < -0.4 is 0 Å². The van der Waals surface area contributed by atoms with Gasteiger partial charge in [-0.05, 0) is 19.4 Å². The van der Waals surface area contributed by atoms with Gasteiger partial charge < -0.3 is 4.74 Å². The zero-order chi connectivity index (χ0) is 10.9. The van der Waals surface area contributed by atoms with Gasteiger partial charge in [-0.15, -0.1) is 0 Å². The lowest BCUT2D eigenvalue weighted by molar-refractivity contribution is -0.134. The zero-order valence-electron chi connectivity index (χ0n) is 8.86. The monoisotopic (exact) mass is 203 g/mol. The molecule has 0 aliphatic carbocycles. The summed E-state index contributed by atoms with van der Waals surface area (Å²) in [6.07, 6.45) is 0. The Balaban J connectivity index is 2.12. The number of aliphatic imine (C=N–C) groups is 1. The molecule has 3 nitrogen and oxygen atoms in total. The molecule has 78 valence electrons. The summed E-state index contributed by atoms with van der Waals surface area (Å²) in [6.45, 7) is 4.11. The van der Waals surface area contributed by atoms with Crippen molar-refractivity contribution >= 4 is 11.7 Å². The molecule has 1 aromatic carbocycles. The topological polar surface area (TPSA) is 38.7 Å². The van der Waals surface area contributed by atoms with Crippen LogP contribution in [0.3, 0.4) is 0 Å². The van der Waals surface area contributed by atoms with Gasteiger partial charge in [0, 0.05) is 0 Å². The van der Waals surface area contributed by atoms with Crippen LogP contribution in [-0.4, -0.2) is 18.3 Å². The SMILES string of the molecule is CCOC(=O)C1=NC1(C)c1ccccc1. The van der Waals surface area contributed by atoms with Crippen LogP contribution in [0.2, 0.25) is 0 Å². The van der Waals surface area contributed by atoms with Gasteiger partial charge in [-0.1, -0.05) is 30.3 Å². The van der Waals surface area contributed by atoms with Gasteiger partial charge in [-0.3, -0.25) is 4.99 Å². The van der Waals surface area contributed by atoms with Gasteiger partial charge in [0.1, 0.15) is 5.54 Å². The zero-order valence-corrected chi connectivity index (χ0v) is 8.86. The molecule has 0 bridgehead atoms. The molecular weight excluding hydrogens is 190 g/mol. The van der Waals surface area contributed by atoms with Gasteiger partial charge in [0.15, 0.2) is 5.71 Å². The number of hydrogen-bond donors (Lipinski definition) is 0. The minimum atomic E-state index is -0.451. The maximum Gasteiger partial charge on any atom is 0.355 e. The highest BCUT2D eigenvalue weighted by atomic mass is 16.5. The first-order valence-electron chi connectivity index (χ1n) is 5.01. The number of ether oxygens (including phenoxy) is 1. The number of esters is 1. The van der Waals surface area contributed by atoms with E-state index in [-0.39, 0.29) is 5.97 Å². The smallest absolute Gasteiger partial charge is 0.355 e. The first kappa shape index (κ1) is 9.90. The van der Waals surface area contributed by atoms with Crippen LogP contribution in [0, 0.1) is 0 Å². The van der Waals surface area contributed by atoms with E-state index < -0.39 is 5.54 Å². The van der Waals surface area contributed by atoms with E-state index >= 15 is 0 Å². The summed E-state index contributed by atoms with van der Waals surface area (Å²) in [6, 6.07) is 9.76. The van der Waals surface area contributed by atoms with E-state index in [2.05, 4.69) is 4.99 Å². The minimum Gasteiger partial charge on any atom is -0.461 e. The molecule has 0 amide bonds. The molecule has 0 radical (unpaired) electrons. The Bertz CT molecular complexity index is 411. The Morgan fingerprint density at radius 1 is 1.40 bits per heavy atom. The Kier molecular flexibility index (Phi) is 2.31. The Labute approximate surface area is 88.8 Å². The summed E-state index contributed by atoms with van der Waals surface area (Å²) in [4.78, 5) is 15.7. The van der Waals surface area contributed by atoms with E-state index in [9.17, 15) is 4.79 Å². The number of benzene rings is 1. The Morgan fingerprint density at radius 2 is 2.07 bits per heavy atom. The average molecular weight is 203 g/mol. The van der Waals surface area contributed by atoms with Crippen LogP contribution in [0.25, 0.3) is 0 Å². The lowest BCUT2D eigenvalue weighted by atomic mass is 9.96. The summed E-state index contributed by atoms with van der Waals surface area (Å²) < 4.78 is 4.91. The van der Waals surface area contributed by atoms with E-state index in [1.165, 1.54) is 0 Å². The third-order valence-corrected chi connectivity index (χ3v) is 2.55. The molecule has 0 saturated carbocycles. The Hall–Kier alpha value is -1.64. The van der Waals surface area contributed by atoms with E-state index in [4.69, 9.17) is 4.74 Å². The maximum atomic E-state index is 11.4. The molecule has 2 rings (SSSR count). The third-order valence-electron chi connectivity index (χ3n) is 2.55. The highest BCUT2D eigenvalue weighted by Gasteiger charge is 2.49. The fourth-order valence-electron chi connectivity index (χ4n) is 1.60. The molecule has 0 N–H and O–H groups in total. The average Bonchev–Trinajstić information content (AvgIpc) is 2.94. The molecule has 1 heterocycles. The predicted molar refractivity (Wildman–Crippen MR) is 57.9 cm³/mol. The van der Waals surface area contributed by atoms with Crippen LogP contribution >= 0.6 is 0 Å². The van der Waals surface area contributed by atoms with Crippen LogP contribution in [-0.2, 0) is 15.1 Å². The van der Waals surface area contributed by atoms with Crippen LogP contribution in [0.5, 0.6) is 0 Å². The third kappa shape index (κ3) is 1.65. The van der Waals surface area contributed by atoms with Crippen molar-refractivity contribution in [1.29, 1.82) is 0 Å². The first-order valence-corrected chi connectivity index (χ1v) is 5.01. The van der Waals surface area contributed by atoms with Crippen molar-refractivity contribution in [2.75, 3.05) is 6.61 Å². The molecule has 15 heavy (non-hydrogen) atoms. The van der Waals surface area contributed by atoms with Crippen molar-refractivity contribution in [2.24, 2.45) is 4.99 Å². The molecule has 1 aromatic rings. The summed E-state index contributed by atoms with van der Waals surface area (Å²) in [5.74, 6) is -0.302. The molecule has 3 heteroatoms. The Morgan fingerprint density at radius 3 is 2.67 bits per heavy atom. The summed E-state index contributed by atoms with van der Waals surface area (Å²) in [5, 5.41) is 0. The van der Waals surface area contributed by atoms with Crippen molar-refractivity contribution in [1.82, 2.24) is 0 Å². The molecule has 0 aromatic heterocycles. The normalized spacial score (nSPS) is 23.2. The summed E-state index contributed by atoms with van der Waals surface area (Å²) in [5.41, 5.74) is 1.11. The molecule has 1 aliphatic rings. The number of nitrogens with zero attached hydrogens (tertiary/aromatic N) is 1. The summed E-state index contributed by atoms with van der Waals surface area (Å²) >= 11 is 0. The molecule has 0 fully saturated rings. The molecule has 1 atom stereocenters. The van der Waals surface area contributed by atoms with Gasteiger partial charge in [0.25, 0.3) is 0 Å². The fourth-order valence-corrected chi connectivity index (χ4v) is 1.60. The minimum absolute atomic E-state index is 0.302. The lowest BCUT2D eigenvalue weighted by Crippen LogP contribution is -2.21. The highest BCUT2D eigenvalue weighted by Crippen LogP contribution is 2.39. The van der Waals surface area contributed by atoms with Crippen molar-refractivity contribution in [3.05, 3.63) is 35.9 Å². The second-order valence-corrected chi connectivity index (χ2v) is 3.62. The van der Waals surface area contributed by atoms with Gasteiger partial charge in [0.2, 0.25) is 0 Å². The molecule has 0 saturated heterocycles. The number of hydrogen-bond acceptors (Lipinski definition) is 3. The predicted octanol–water partition coefficient (Wildman–Crippen LogP) is 1.92.